The second kappa shape index (κ2) is 4.88. The highest BCUT2D eigenvalue weighted by molar-refractivity contribution is 5.30. The van der Waals surface area contributed by atoms with Crippen molar-refractivity contribution in [2.75, 3.05) is 26.8 Å². The van der Waals surface area contributed by atoms with Crippen LogP contribution < -0.4 is 10.1 Å². The summed E-state index contributed by atoms with van der Waals surface area (Å²) in [7, 11) is 1.68. The number of hydrogen-bond acceptors (Lipinski definition) is 4. The molecule has 1 N–H and O–H groups in total. The molecule has 18 heavy (non-hydrogen) atoms. The van der Waals surface area contributed by atoms with Gasteiger partial charge in [-0.1, -0.05) is 12.1 Å². The zero-order valence-electron chi connectivity index (χ0n) is 10.6. The van der Waals surface area contributed by atoms with E-state index in [4.69, 9.17) is 14.2 Å². The van der Waals surface area contributed by atoms with E-state index in [1.165, 1.54) is 0 Å². The van der Waals surface area contributed by atoms with E-state index >= 15 is 0 Å². The van der Waals surface area contributed by atoms with Crippen molar-refractivity contribution in [1.82, 2.24) is 5.32 Å². The highest BCUT2D eigenvalue weighted by Gasteiger charge is 2.42. The lowest BCUT2D eigenvalue weighted by molar-refractivity contribution is -0.183. The van der Waals surface area contributed by atoms with Crippen LogP contribution in [0.1, 0.15) is 24.5 Å². The zero-order chi connectivity index (χ0) is 12.4. The van der Waals surface area contributed by atoms with E-state index in [1.54, 1.807) is 7.11 Å². The van der Waals surface area contributed by atoms with Crippen LogP contribution in [0.2, 0.25) is 0 Å². The monoisotopic (exact) mass is 249 g/mol. The summed E-state index contributed by atoms with van der Waals surface area (Å²) in [6, 6.07) is 8.02. The molecule has 0 radical (unpaired) electrons. The lowest BCUT2D eigenvalue weighted by atomic mass is 10.1. The fourth-order valence-corrected chi connectivity index (χ4v) is 2.63. The number of rotatable bonds is 2. The molecule has 1 aromatic rings. The summed E-state index contributed by atoms with van der Waals surface area (Å²) >= 11 is 0. The van der Waals surface area contributed by atoms with Crippen molar-refractivity contribution in [1.29, 1.82) is 0 Å². The minimum Gasteiger partial charge on any atom is -0.497 e. The van der Waals surface area contributed by atoms with Crippen LogP contribution in [-0.4, -0.2) is 32.6 Å². The Hall–Kier alpha value is -1.10. The van der Waals surface area contributed by atoms with Gasteiger partial charge in [0.15, 0.2) is 5.79 Å². The molecule has 0 saturated carbocycles. The molecule has 2 heterocycles. The Morgan fingerprint density at radius 2 is 2.17 bits per heavy atom. The Bertz CT molecular complexity index is 415. The summed E-state index contributed by atoms with van der Waals surface area (Å²) in [5.41, 5.74) is 1.13. The van der Waals surface area contributed by atoms with Crippen molar-refractivity contribution in [2.24, 2.45) is 0 Å². The van der Waals surface area contributed by atoms with Gasteiger partial charge in [0.1, 0.15) is 11.9 Å². The lowest BCUT2D eigenvalue weighted by Crippen LogP contribution is -2.42. The fourth-order valence-electron chi connectivity index (χ4n) is 2.63. The van der Waals surface area contributed by atoms with Crippen LogP contribution in [0.25, 0.3) is 0 Å². The molecule has 0 amide bonds. The first-order valence-electron chi connectivity index (χ1n) is 6.48. The summed E-state index contributed by atoms with van der Waals surface area (Å²) in [5, 5.41) is 3.33. The molecule has 2 fully saturated rings. The largest absolute Gasteiger partial charge is 0.497 e. The minimum absolute atomic E-state index is 0.0261. The second-order valence-corrected chi connectivity index (χ2v) is 4.85. The number of ether oxygens (including phenoxy) is 3. The molecule has 0 aliphatic carbocycles. The first kappa shape index (κ1) is 12.0. The SMILES string of the molecule is COc1cccc(C2COC3(CCNCC3)O2)c1. The van der Waals surface area contributed by atoms with Crippen LogP contribution in [0.4, 0.5) is 0 Å². The topological polar surface area (TPSA) is 39.7 Å². The van der Waals surface area contributed by atoms with E-state index in [0.29, 0.717) is 6.61 Å². The van der Waals surface area contributed by atoms with Gasteiger partial charge in [0.05, 0.1) is 13.7 Å². The van der Waals surface area contributed by atoms with Crippen LogP contribution in [0.5, 0.6) is 5.75 Å². The van der Waals surface area contributed by atoms with Gasteiger partial charge in [-0.3, -0.25) is 0 Å². The van der Waals surface area contributed by atoms with Crippen molar-refractivity contribution in [2.45, 2.75) is 24.7 Å². The Balaban J connectivity index is 1.74. The average Bonchev–Trinajstić information content (AvgIpc) is 2.83. The molecule has 1 unspecified atom stereocenters. The number of nitrogens with one attached hydrogen (secondary N) is 1. The molecule has 1 spiro atoms. The first-order chi connectivity index (χ1) is 8.81. The van der Waals surface area contributed by atoms with Crippen LogP contribution in [0.15, 0.2) is 24.3 Å². The standard InChI is InChI=1S/C14H19NO3/c1-16-12-4-2-3-11(9-12)13-10-17-14(18-13)5-7-15-8-6-14/h2-4,9,13,15H,5-8,10H2,1H3. The Morgan fingerprint density at radius 3 is 2.94 bits per heavy atom. The Kier molecular flexibility index (Phi) is 3.24. The molecule has 2 aliphatic rings. The number of hydrogen-bond donors (Lipinski definition) is 1. The molecule has 3 rings (SSSR count). The fraction of sp³-hybridized carbons (Fsp3) is 0.571. The van der Waals surface area contributed by atoms with Gasteiger partial charge in [0.2, 0.25) is 0 Å². The molecule has 1 atom stereocenters. The highest BCUT2D eigenvalue weighted by Crippen LogP contribution is 2.39. The Morgan fingerprint density at radius 1 is 1.33 bits per heavy atom. The van der Waals surface area contributed by atoms with Gasteiger partial charge in [-0.2, -0.15) is 0 Å². The van der Waals surface area contributed by atoms with Gasteiger partial charge in [-0.15, -0.1) is 0 Å². The van der Waals surface area contributed by atoms with Gasteiger partial charge >= 0.3 is 0 Å². The van der Waals surface area contributed by atoms with Crippen LogP contribution in [0, 0.1) is 0 Å². The summed E-state index contributed by atoms with van der Waals surface area (Å²) in [4.78, 5) is 0. The summed E-state index contributed by atoms with van der Waals surface area (Å²) < 4.78 is 17.3. The van der Waals surface area contributed by atoms with E-state index in [9.17, 15) is 0 Å². The summed E-state index contributed by atoms with van der Waals surface area (Å²) in [6.45, 7) is 2.56. The van der Waals surface area contributed by atoms with Crippen molar-refractivity contribution < 1.29 is 14.2 Å². The van der Waals surface area contributed by atoms with E-state index in [2.05, 4.69) is 11.4 Å². The quantitative estimate of drug-likeness (QED) is 0.868. The van der Waals surface area contributed by atoms with Crippen molar-refractivity contribution in [3.05, 3.63) is 29.8 Å². The maximum atomic E-state index is 6.16. The molecule has 1 aromatic carbocycles. The van der Waals surface area contributed by atoms with Gasteiger partial charge < -0.3 is 19.5 Å². The van der Waals surface area contributed by atoms with Crippen molar-refractivity contribution >= 4 is 0 Å². The van der Waals surface area contributed by atoms with Crippen LogP contribution >= 0.6 is 0 Å². The zero-order valence-corrected chi connectivity index (χ0v) is 10.6. The van der Waals surface area contributed by atoms with Crippen LogP contribution in [-0.2, 0) is 9.47 Å². The van der Waals surface area contributed by atoms with E-state index in [0.717, 1.165) is 37.2 Å². The van der Waals surface area contributed by atoms with Gasteiger partial charge in [-0.05, 0) is 17.7 Å². The third-order valence-corrected chi connectivity index (χ3v) is 3.69. The Labute approximate surface area is 107 Å². The van der Waals surface area contributed by atoms with Crippen molar-refractivity contribution in [3.8, 4) is 5.75 Å². The van der Waals surface area contributed by atoms with E-state index in [1.807, 2.05) is 18.2 Å². The second-order valence-electron chi connectivity index (χ2n) is 4.85. The molecule has 2 aliphatic heterocycles. The summed E-state index contributed by atoms with van der Waals surface area (Å²) in [5.74, 6) is 0.501. The van der Waals surface area contributed by atoms with Crippen molar-refractivity contribution in [3.63, 3.8) is 0 Å². The predicted octanol–water partition coefficient (Wildman–Crippen LogP) is 1.86. The third-order valence-electron chi connectivity index (χ3n) is 3.69. The summed E-state index contributed by atoms with van der Waals surface area (Å²) in [6.07, 6.45) is 1.87. The van der Waals surface area contributed by atoms with E-state index < -0.39 is 0 Å². The maximum absolute atomic E-state index is 6.16. The number of piperidine rings is 1. The van der Waals surface area contributed by atoms with Gasteiger partial charge in [0.25, 0.3) is 0 Å². The molecule has 98 valence electrons. The van der Waals surface area contributed by atoms with Crippen LogP contribution in [0.3, 0.4) is 0 Å². The molecule has 4 nitrogen and oxygen atoms in total. The number of methoxy groups -OCH3 is 1. The molecule has 4 heteroatoms. The molecule has 0 aromatic heterocycles. The molecular formula is C14H19NO3. The average molecular weight is 249 g/mol. The molecule has 0 bridgehead atoms. The lowest BCUT2D eigenvalue weighted by Gasteiger charge is -2.32. The molecular weight excluding hydrogens is 230 g/mol. The van der Waals surface area contributed by atoms with Gasteiger partial charge in [0, 0.05) is 25.9 Å². The normalized spacial score (nSPS) is 26.4. The molecule has 2 saturated heterocycles. The van der Waals surface area contributed by atoms with E-state index in [-0.39, 0.29) is 11.9 Å². The van der Waals surface area contributed by atoms with Gasteiger partial charge in [-0.25, -0.2) is 0 Å². The maximum Gasteiger partial charge on any atom is 0.171 e. The predicted molar refractivity (Wildman–Crippen MR) is 67.6 cm³/mol. The third kappa shape index (κ3) is 2.23. The minimum atomic E-state index is -0.362. The highest BCUT2D eigenvalue weighted by atomic mass is 16.7. The first-order valence-corrected chi connectivity index (χ1v) is 6.48. The smallest absolute Gasteiger partial charge is 0.171 e. The number of benzene rings is 1.